The molecule has 0 heterocycles. The minimum atomic E-state index is 0.120. The van der Waals surface area contributed by atoms with Gasteiger partial charge in [0.1, 0.15) is 17.3 Å². The number of methoxy groups -OCH3 is 1. The highest BCUT2D eigenvalue weighted by atomic mass is 79.9. The number of Topliss-reactive ketones (excluding diaryl/α,β-unsaturated/α-hetero) is 1. The van der Waals surface area contributed by atoms with Gasteiger partial charge in [-0.2, -0.15) is 0 Å². The Labute approximate surface area is 104 Å². The standard InChI is InChI=1S/C12H15BrO3/c1-3-16-12-5-4-11(15-2)7-9(12)6-10(14)8-13/h4-5,7H,3,6,8H2,1-2H3. The molecule has 0 fully saturated rings. The minimum Gasteiger partial charge on any atom is -0.497 e. The van der Waals surface area contributed by atoms with Gasteiger partial charge in [-0.05, 0) is 25.1 Å². The van der Waals surface area contributed by atoms with Gasteiger partial charge in [0, 0.05) is 12.0 Å². The second-order valence-corrected chi connectivity index (χ2v) is 3.82. The second kappa shape index (κ2) is 6.53. The van der Waals surface area contributed by atoms with E-state index in [1.807, 2.05) is 25.1 Å². The quantitative estimate of drug-likeness (QED) is 0.754. The molecule has 1 aromatic carbocycles. The maximum absolute atomic E-state index is 11.4. The van der Waals surface area contributed by atoms with Crippen LogP contribution in [0, 0.1) is 0 Å². The maximum atomic E-state index is 11.4. The van der Waals surface area contributed by atoms with E-state index in [9.17, 15) is 4.79 Å². The number of alkyl halides is 1. The van der Waals surface area contributed by atoms with Crippen molar-refractivity contribution in [3.63, 3.8) is 0 Å². The third kappa shape index (κ3) is 3.52. The number of benzene rings is 1. The van der Waals surface area contributed by atoms with E-state index in [0.29, 0.717) is 18.4 Å². The van der Waals surface area contributed by atoms with E-state index in [4.69, 9.17) is 9.47 Å². The molecule has 1 aromatic rings. The zero-order chi connectivity index (χ0) is 12.0. The van der Waals surface area contributed by atoms with E-state index < -0.39 is 0 Å². The normalized spacial score (nSPS) is 9.94. The lowest BCUT2D eigenvalue weighted by Crippen LogP contribution is -2.06. The predicted octanol–water partition coefficient (Wildman–Crippen LogP) is 2.60. The van der Waals surface area contributed by atoms with Crippen molar-refractivity contribution in [3.05, 3.63) is 23.8 Å². The number of ether oxygens (including phenoxy) is 2. The Morgan fingerprint density at radius 1 is 1.44 bits per heavy atom. The molecule has 0 saturated carbocycles. The fourth-order valence-corrected chi connectivity index (χ4v) is 1.58. The van der Waals surface area contributed by atoms with Crippen LogP contribution in [0.3, 0.4) is 0 Å². The fourth-order valence-electron chi connectivity index (χ4n) is 1.38. The summed E-state index contributed by atoms with van der Waals surface area (Å²) in [5, 5.41) is 0.357. The van der Waals surface area contributed by atoms with Crippen LogP contribution in [0.25, 0.3) is 0 Å². The molecule has 0 unspecified atom stereocenters. The Balaban J connectivity index is 2.95. The molecule has 0 amide bonds. The Morgan fingerprint density at radius 2 is 2.19 bits per heavy atom. The molecular formula is C12H15BrO3. The van der Waals surface area contributed by atoms with Crippen molar-refractivity contribution in [2.45, 2.75) is 13.3 Å². The number of hydrogen-bond donors (Lipinski definition) is 0. The first kappa shape index (κ1) is 13.0. The Morgan fingerprint density at radius 3 is 2.75 bits per heavy atom. The van der Waals surface area contributed by atoms with E-state index in [2.05, 4.69) is 15.9 Å². The van der Waals surface area contributed by atoms with Crippen LogP contribution in [0.4, 0.5) is 0 Å². The highest BCUT2D eigenvalue weighted by Gasteiger charge is 2.09. The average molecular weight is 287 g/mol. The summed E-state index contributed by atoms with van der Waals surface area (Å²) in [5.74, 6) is 1.60. The lowest BCUT2D eigenvalue weighted by molar-refractivity contribution is -0.115. The number of hydrogen-bond acceptors (Lipinski definition) is 3. The van der Waals surface area contributed by atoms with Crippen molar-refractivity contribution in [3.8, 4) is 11.5 Å². The van der Waals surface area contributed by atoms with Crippen LogP contribution in [-0.2, 0) is 11.2 Å². The number of rotatable bonds is 6. The maximum Gasteiger partial charge on any atom is 0.147 e. The van der Waals surface area contributed by atoms with Gasteiger partial charge in [0.05, 0.1) is 19.0 Å². The summed E-state index contributed by atoms with van der Waals surface area (Å²) in [5.41, 5.74) is 0.866. The van der Waals surface area contributed by atoms with Crippen LogP contribution in [-0.4, -0.2) is 24.8 Å². The molecule has 88 valence electrons. The predicted molar refractivity (Wildman–Crippen MR) is 66.7 cm³/mol. The third-order valence-electron chi connectivity index (χ3n) is 2.10. The Bertz CT molecular complexity index is 363. The highest BCUT2D eigenvalue weighted by Crippen LogP contribution is 2.25. The molecule has 4 heteroatoms. The Hall–Kier alpha value is -1.03. The van der Waals surface area contributed by atoms with Gasteiger partial charge in [0.15, 0.2) is 0 Å². The topological polar surface area (TPSA) is 35.5 Å². The van der Waals surface area contributed by atoms with E-state index in [0.717, 1.165) is 17.1 Å². The third-order valence-corrected chi connectivity index (χ3v) is 2.73. The van der Waals surface area contributed by atoms with Gasteiger partial charge in [0.2, 0.25) is 0 Å². The van der Waals surface area contributed by atoms with Gasteiger partial charge in [0.25, 0.3) is 0 Å². The molecule has 0 aliphatic carbocycles. The SMILES string of the molecule is CCOc1ccc(OC)cc1CC(=O)CBr. The van der Waals surface area contributed by atoms with Crippen LogP contribution >= 0.6 is 15.9 Å². The first-order chi connectivity index (χ1) is 7.71. The molecular weight excluding hydrogens is 272 g/mol. The van der Waals surface area contributed by atoms with Gasteiger partial charge < -0.3 is 9.47 Å². The van der Waals surface area contributed by atoms with Crippen LogP contribution in [0.1, 0.15) is 12.5 Å². The monoisotopic (exact) mass is 286 g/mol. The molecule has 1 rings (SSSR count). The summed E-state index contributed by atoms with van der Waals surface area (Å²) in [7, 11) is 1.60. The molecule has 0 atom stereocenters. The average Bonchev–Trinajstić information content (AvgIpc) is 2.31. The lowest BCUT2D eigenvalue weighted by atomic mass is 10.1. The van der Waals surface area contributed by atoms with Gasteiger partial charge in [-0.1, -0.05) is 15.9 Å². The van der Waals surface area contributed by atoms with Crippen molar-refractivity contribution in [2.24, 2.45) is 0 Å². The largest absolute Gasteiger partial charge is 0.497 e. The summed E-state index contributed by atoms with van der Waals surface area (Å²) < 4.78 is 10.6. The van der Waals surface area contributed by atoms with Crippen molar-refractivity contribution in [2.75, 3.05) is 19.0 Å². The van der Waals surface area contributed by atoms with Crippen LogP contribution in [0.5, 0.6) is 11.5 Å². The molecule has 0 aromatic heterocycles. The minimum absolute atomic E-state index is 0.120. The summed E-state index contributed by atoms with van der Waals surface area (Å²) in [6.45, 7) is 2.50. The first-order valence-electron chi connectivity index (χ1n) is 5.08. The van der Waals surface area contributed by atoms with Crippen LogP contribution in [0.2, 0.25) is 0 Å². The summed E-state index contributed by atoms with van der Waals surface area (Å²) in [6.07, 6.45) is 0.359. The number of halogens is 1. The van der Waals surface area contributed by atoms with Crippen molar-refractivity contribution in [1.29, 1.82) is 0 Å². The van der Waals surface area contributed by atoms with Gasteiger partial charge in [-0.15, -0.1) is 0 Å². The lowest BCUT2D eigenvalue weighted by Gasteiger charge is -2.10. The zero-order valence-corrected chi connectivity index (χ0v) is 11.0. The molecule has 0 aliphatic rings. The van der Waals surface area contributed by atoms with Gasteiger partial charge in [-0.25, -0.2) is 0 Å². The summed E-state index contributed by atoms with van der Waals surface area (Å²) in [6, 6.07) is 5.50. The van der Waals surface area contributed by atoms with E-state index >= 15 is 0 Å². The zero-order valence-electron chi connectivity index (χ0n) is 9.46. The van der Waals surface area contributed by atoms with Crippen LogP contribution in [0.15, 0.2) is 18.2 Å². The molecule has 3 nitrogen and oxygen atoms in total. The number of ketones is 1. The summed E-state index contributed by atoms with van der Waals surface area (Å²) in [4.78, 5) is 11.4. The molecule has 0 bridgehead atoms. The molecule has 16 heavy (non-hydrogen) atoms. The first-order valence-corrected chi connectivity index (χ1v) is 6.20. The van der Waals surface area contributed by atoms with E-state index in [1.165, 1.54) is 0 Å². The van der Waals surface area contributed by atoms with Crippen LogP contribution < -0.4 is 9.47 Å². The molecule has 0 radical (unpaired) electrons. The second-order valence-electron chi connectivity index (χ2n) is 3.26. The molecule has 0 spiro atoms. The number of carbonyl (C=O) groups excluding carboxylic acids is 1. The van der Waals surface area contributed by atoms with Crippen molar-refractivity contribution < 1.29 is 14.3 Å². The van der Waals surface area contributed by atoms with E-state index in [1.54, 1.807) is 7.11 Å². The van der Waals surface area contributed by atoms with Crippen molar-refractivity contribution >= 4 is 21.7 Å². The molecule has 0 saturated heterocycles. The highest BCUT2D eigenvalue weighted by molar-refractivity contribution is 9.09. The fraction of sp³-hybridized carbons (Fsp3) is 0.417. The van der Waals surface area contributed by atoms with Gasteiger partial charge >= 0.3 is 0 Å². The molecule has 0 aliphatic heterocycles. The van der Waals surface area contributed by atoms with Gasteiger partial charge in [-0.3, -0.25) is 4.79 Å². The van der Waals surface area contributed by atoms with Crippen molar-refractivity contribution in [1.82, 2.24) is 0 Å². The molecule has 0 N–H and O–H groups in total. The number of carbonyl (C=O) groups is 1. The van der Waals surface area contributed by atoms with E-state index in [-0.39, 0.29) is 5.78 Å². The Kier molecular flexibility index (Phi) is 5.32. The summed E-state index contributed by atoms with van der Waals surface area (Å²) >= 11 is 3.15. The smallest absolute Gasteiger partial charge is 0.147 e.